The van der Waals surface area contributed by atoms with Gasteiger partial charge in [0.1, 0.15) is 0 Å². The Labute approximate surface area is 128 Å². The number of likely N-dealkylation sites (tertiary alicyclic amines) is 1. The van der Waals surface area contributed by atoms with Gasteiger partial charge < -0.3 is 21.7 Å². The molecule has 1 aromatic carbocycles. The quantitative estimate of drug-likeness (QED) is 0.742. The van der Waals surface area contributed by atoms with Gasteiger partial charge in [0.2, 0.25) is 11.8 Å². The molecule has 0 saturated carbocycles. The van der Waals surface area contributed by atoms with Gasteiger partial charge in [-0.1, -0.05) is 19.1 Å². The van der Waals surface area contributed by atoms with E-state index in [1.807, 2.05) is 25.1 Å². The Balaban J connectivity index is 2.07. The molecule has 0 spiro atoms. The van der Waals surface area contributed by atoms with E-state index in [-0.39, 0.29) is 19.1 Å². The number of carbonyl (C=O) groups excluding carboxylic acids is 3. The standard InChI is InChI=1S/C15H20N4O3/c1-2-9-4-3-5-10(6-9)18-15(22)19-7-11(13(16)20)12(8-19)14(17)21/h3-6,11-12H,2,7-8H2,1H3,(H2,16,20)(H2,17,21)(H,18,22). The van der Waals surface area contributed by atoms with Gasteiger partial charge in [0.05, 0.1) is 11.8 Å². The topological polar surface area (TPSA) is 119 Å². The smallest absolute Gasteiger partial charge is 0.321 e. The molecule has 4 amide bonds. The lowest BCUT2D eigenvalue weighted by atomic mass is 9.95. The van der Waals surface area contributed by atoms with E-state index in [0.717, 1.165) is 12.0 Å². The molecule has 2 unspecified atom stereocenters. The van der Waals surface area contributed by atoms with Crippen molar-refractivity contribution < 1.29 is 14.4 Å². The number of aryl methyl sites for hydroxylation is 1. The fourth-order valence-electron chi connectivity index (χ4n) is 2.62. The third kappa shape index (κ3) is 3.36. The van der Waals surface area contributed by atoms with Crippen molar-refractivity contribution in [3.05, 3.63) is 29.8 Å². The van der Waals surface area contributed by atoms with E-state index in [2.05, 4.69) is 5.32 Å². The maximum atomic E-state index is 12.3. The number of nitrogens with one attached hydrogen (secondary N) is 1. The van der Waals surface area contributed by atoms with Crippen LogP contribution in [0.3, 0.4) is 0 Å². The predicted octanol–water partition coefficient (Wildman–Crippen LogP) is 0.300. The predicted molar refractivity (Wildman–Crippen MR) is 81.8 cm³/mol. The van der Waals surface area contributed by atoms with Crippen molar-refractivity contribution in [1.29, 1.82) is 0 Å². The maximum Gasteiger partial charge on any atom is 0.321 e. The van der Waals surface area contributed by atoms with Gasteiger partial charge in [0, 0.05) is 18.8 Å². The summed E-state index contributed by atoms with van der Waals surface area (Å²) in [7, 11) is 0. The average Bonchev–Trinajstić information content (AvgIpc) is 2.93. The first-order valence-electron chi connectivity index (χ1n) is 7.15. The zero-order valence-electron chi connectivity index (χ0n) is 12.4. The van der Waals surface area contributed by atoms with Crippen LogP contribution < -0.4 is 16.8 Å². The number of rotatable bonds is 4. The molecule has 1 heterocycles. The molecule has 1 fully saturated rings. The number of carbonyl (C=O) groups is 3. The summed E-state index contributed by atoms with van der Waals surface area (Å²) >= 11 is 0. The highest BCUT2D eigenvalue weighted by Crippen LogP contribution is 2.24. The number of amides is 4. The number of primary amides is 2. The van der Waals surface area contributed by atoms with Crippen molar-refractivity contribution in [1.82, 2.24) is 4.90 Å². The molecule has 118 valence electrons. The third-order valence-electron chi connectivity index (χ3n) is 3.92. The molecule has 0 radical (unpaired) electrons. The fourth-order valence-corrected chi connectivity index (χ4v) is 2.62. The van der Waals surface area contributed by atoms with E-state index in [9.17, 15) is 14.4 Å². The summed E-state index contributed by atoms with van der Waals surface area (Å²) in [5, 5.41) is 2.76. The number of anilines is 1. The van der Waals surface area contributed by atoms with Crippen LogP contribution in [0.4, 0.5) is 10.5 Å². The summed E-state index contributed by atoms with van der Waals surface area (Å²) in [6.45, 7) is 2.22. The van der Waals surface area contributed by atoms with Crippen LogP contribution >= 0.6 is 0 Å². The lowest BCUT2D eigenvalue weighted by Gasteiger charge is -2.17. The van der Waals surface area contributed by atoms with Gasteiger partial charge in [-0.05, 0) is 24.1 Å². The van der Waals surface area contributed by atoms with Crippen molar-refractivity contribution in [3.63, 3.8) is 0 Å². The molecule has 7 heteroatoms. The Morgan fingerprint density at radius 2 is 1.77 bits per heavy atom. The first kappa shape index (κ1) is 15.8. The van der Waals surface area contributed by atoms with E-state index in [1.165, 1.54) is 4.90 Å². The van der Waals surface area contributed by atoms with Crippen LogP contribution in [0.25, 0.3) is 0 Å². The van der Waals surface area contributed by atoms with Crippen LogP contribution in [0, 0.1) is 11.8 Å². The lowest BCUT2D eigenvalue weighted by molar-refractivity contribution is -0.129. The molecule has 1 aliphatic heterocycles. The molecule has 1 aliphatic rings. The Hall–Kier alpha value is -2.57. The molecule has 0 aliphatic carbocycles. The first-order valence-corrected chi connectivity index (χ1v) is 7.15. The van der Waals surface area contributed by atoms with Crippen molar-refractivity contribution in [2.75, 3.05) is 18.4 Å². The highest BCUT2D eigenvalue weighted by atomic mass is 16.2. The van der Waals surface area contributed by atoms with E-state index >= 15 is 0 Å². The zero-order chi connectivity index (χ0) is 16.3. The van der Waals surface area contributed by atoms with Gasteiger partial charge in [-0.2, -0.15) is 0 Å². The molecule has 5 N–H and O–H groups in total. The highest BCUT2D eigenvalue weighted by molar-refractivity contribution is 5.93. The number of nitrogens with two attached hydrogens (primary N) is 2. The number of urea groups is 1. The first-order chi connectivity index (χ1) is 10.4. The van der Waals surface area contributed by atoms with Crippen molar-refractivity contribution in [3.8, 4) is 0 Å². The van der Waals surface area contributed by atoms with E-state index in [0.29, 0.717) is 5.69 Å². The second-order valence-electron chi connectivity index (χ2n) is 5.41. The van der Waals surface area contributed by atoms with Gasteiger partial charge in [0.25, 0.3) is 0 Å². The molecule has 1 saturated heterocycles. The number of hydrogen-bond donors (Lipinski definition) is 3. The summed E-state index contributed by atoms with van der Waals surface area (Å²) in [5.41, 5.74) is 12.3. The van der Waals surface area contributed by atoms with Crippen LogP contribution in [-0.4, -0.2) is 35.8 Å². The van der Waals surface area contributed by atoms with Crippen molar-refractivity contribution >= 4 is 23.5 Å². The second kappa shape index (κ2) is 6.46. The molecule has 22 heavy (non-hydrogen) atoms. The van der Waals surface area contributed by atoms with Crippen LogP contribution in [0.2, 0.25) is 0 Å². The Morgan fingerprint density at radius 3 is 2.27 bits per heavy atom. The third-order valence-corrected chi connectivity index (χ3v) is 3.92. The van der Waals surface area contributed by atoms with E-state index in [4.69, 9.17) is 11.5 Å². The van der Waals surface area contributed by atoms with E-state index in [1.54, 1.807) is 6.07 Å². The minimum atomic E-state index is -0.731. The normalized spacial score (nSPS) is 20.7. The van der Waals surface area contributed by atoms with Gasteiger partial charge in [-0.25, -0.2) is 4.79 Å². The summed E-state index contributed by atoms with van der Waals surface area (Å²) in [4.78, 5) is 36.4. The molecule has 7 nitrogen and oxygen atoms in total. The lowest BCUT2D eigenvalue weighted by Crippen LogP contribution is -2.36. The summed E-state index contributed by atoms with van der Waals surface area (Å²) in [5.74, 6) is -2.70. The minimum absolute atomic E-state index is 0.0994. The monoisotopic (exact) mass is 304 g/mol. The number of benzene rings is 1. The highest BCUT2D eigenvalue weighted by Gasteiger charge is 2.41. The fraction of sp³-hybridized carbons (Fsp3) is 0.400. The van der Waals surface area contributed by atoms with Crippen LogP contribution in [0.15, 0.2) is 24.3 Å². The van der Waals surface area contributed by atoms with E-state index < -0.39 is 23.7 Å². The van der Waals surface area contributed by atoms with Gasteiger partial charge in [0.15, 0.2) is 0 Å². The molecular formula is C15H20N4O3. The second-order valence-corrected chi connectivity index (χ2v) is 5.41. The zero-order valence-corrected chi connectivity index (χ0v) is 12.4. The molecule has 0 aromatic heterocycles. The molecular weight excluding hydrogens is 284 g/mol. The van der Waals surface area contributed by atoms with Gasteiger partial charge in [-0.15, -0.1) is 0 Å². The summed E-state index contributed by atoms with van der Waals surface area (Å²) in [6.07, 6.45) is 0.862. The minimum Gasteiger partial charge on any atom is -0.369 e. The number of nitrogens with zero attached hydrogens (tertiary/aromatic N) is 1. The van der Waals surface area contributed by atoms with Gasteiger partial charge in [-0.3, -0.25) is 9.59 Å². The SMILES string of the molecule is CCc1cccc(NC(=O)N2CC(C(N)=O)C(C(N)=O)C2)c1. The molecule has 2 atom stereocenters. The Kier molecular flexibility index (Phi) is 4.65. The Morgan fingerprint density at radius 1 is 1.18 bits per heavy atom. The average molecular weight is 304 g/mol. The molecule has 1 aromatic rings. The van der Waals surface area contributed by atoms with Crippen LogP contribution in [-0.2, 0) is 16.0 Å². The van der Waals surface area contributed by atoms with Crippen LogP contribution in [0.5, 0.6) is 0 Å². The molecule has 2 rings (SSSR count). The summed E-state index contributed by atoms with van der Waals surface area (Å²) in [6, 6.07) is 7.12. The Bertz CT molecular complexity index is 580. The van der Waals surface area contributed by atoms with Crippen molar-refractivity contribution in [2.45, 2.75) is 13.3 Å². The molecule has 0 bridgehead atoms. The maximum absolute atomic E-state index is 12.3. The van der Waals surface area contributed by atoms with Gasteiger partial charge >= 0.3 is 6.03 Å². The van der Waals surface area contributed by atoms with Crippen molar-refractivity contribution in [2.24, 2.45) is 23.3 Å². The summed E-state index contributed by atoms with van der Waals surface area (Å²) < 4.78 is 0. The number of hydrogen-bond acceptors (Lipinski definition) is 3. The largest absolute Gasteiger partial charge is 0.369 e. The van der Waals surface area contributed by atoms with Crippen LogP contribution in [0.1, 0.15) is 12.5 Å².